The molecule has 7 heteroatoms. The van der Waals surface area contributed by atoms with Crippen LogP contribution in [0, 0.1) is 5.82 Å². The Morgan fingerprint density at radius 3 is 2.78 bits per heavy atom. The highest BCUT2D eigenvalue weighted by atomic mass is 35.5. The molecule has 2 aromatic carbocycles. The molecule has 140 valence electrons. The molecule has 3 aromatic rings. The third-order valence-corrected chi connectivity index (χ3v) is 4.00. The standard InChI is InChI=1S/C20H18ClFN2O3/c1-2-26-17-8-5-14(21)11-16(17)24-19(25)9-10-20-23-12-18(27-20)13-3-6-15(22)7-4-13/h3-8,11-12H,2,9-10H2,1H3,(H,24,25). The summed E-state index contributed by atoms with van der Waals surface area (Å²) in [6, 6.07) is 11.0. The lowest BCUT2D eigenvalue weighted by molar-refractivity contribution is -0.116. The van der Waals surface area contributed by atoms with Crippen LogP contribution in [0.25, 0.3) is 11.3 Å². The summed E-state index contributed by atoms with van der Waals surface area (Å²) in [7, 11) is 0. The number of amides is 1. The third-order valence-electron chi connectivity index (χ3n) is 3.76. The summed E-state index contributed by atoms with van der Waals surface area (Å²) < 4.78 is 24.1. The fourth-order valence-corrected chi connectivity index (χ4v) is 2.66. The summed E-state index contributed by atoms with van der Waals surface area (Å²) in [5.41, 5.74) is 1.24. The van der Waals surface area contributed by atoms with Gasteiger partial charge in [0.1, 0.15) is 11.6 Å². The summed E-state index contributed by atoms with van der Waals surface area (Å²) in [5.74, 6) is 0.992. The molecule has 0 saturated carbocycles. The van der Waals surface area contributed by atoms with Crippen LogP contribution < -0.4 is 10.1 Å². The van der Waals surface area contributed by atoms with Crippen molar-refractivity contribution in [3.63, 3.8) is 0 Å². The van der Waals surface area contributed by atoms with E-state index in [-0.39, 0.29) is 18.1 Å². The number of rotatable bonds is 7. The highest BCUT2D eigenvalue weighted by Gasteiger charge is 2.12. The molecule has 0 aliphatic rings. The van der Waals surface area contributed by atoms with Gasteiger partial charge in [-0.3, -0.25) is 4.79 Å². The minimum Gasteiger partial charge on any atom is -0.492 e. The number of anilines is 1. The maximum atomic E-state index is 13.0. The zero-order valence-electron chi connectivity index (χ0n) is 14.7. The van der Waals surface area contributed by atoms with Crippen LogP contribution in [0.15, 0.2) is 53.1 Å². The monoisotopic (exact) mass is 388 g/mol. The maximum Gasteiger partial charge on any atom is 0.224 e. The molecule has 0 radical (unpaired) electrons. The van der Waals surface area contributed by atoms with Crippen LogP contribution in [0.4, 0.5) is 10.1 Å². The molecule has 0 spiro atoms. The Kier molecular flexibility index (Phi) is 6.08. The van der Waals surface area contributed by atoms with E-state index >= 15 is 0 Å². The Hall–Kier alpha value is -2.86. The number of aromatic nitrogens is 1. The lowest BCUT2D eigenvalue weighted by Crippen LogP contribution is -2.13. The van der Waals surface area contributed by atoms with Crippen LogP contribution >= 0.6 is 11.6 Å². The van der Waals surface area contributed by atoms with Crippen molar-refractivity contribution in [2.75, 3.05) is 11.9 Å². The first-order chi connectivity index (χ1) is 13.0. The zero-order chi connectivity index (χ0) is 19.2. The average molecular weight is 389 g/mol. The van der Waals surface area contributed by atoms with Crippen molar-refractivity contribution in [1.82, 2.24) is 4.98 Å². The van der Waals surface area contributed by atoms with Gasteiger partial charge in [-0.1, -0.05) is 11.6 Å². The molecule has 0 unspecified atom stereocenters. The molecular formula is C20H18ClFN2O3. The molecule has 0 saturated heterocycles. The van der Waals surface area contributed by atoms with E-state index in [1.807, 2.05) is 6.92 Å². The van der Waals surface area contributed by atoms with Gasteiger partial charge in [-0.15, -0.1) is 0 Å². The molecule has 0 bridgehead atoms. The highest BCUT2D eigenvalue weighted by molar-refractivity contribution is 6.31. The van der Waals surface area contributed by atoms with E-state index in [9.17, 15) is 9.18 Å². The fraction of sp³-hybridized carbons (Fsp3) is 0.200. The topological polar surface area (TPSA) is 64.4 Å². The van der Waals surface area contributed by atoms with Gasteiger partial charge in [-0.2, -0.15) is 0 Å². The Bertz CT molecular complexity index is 925. The first kappa shape index (κ1) is 18.9. The largest absolute Gasteiger partial charge is 0.492 e. The number of oxazole rings is 1. The van der Waals surface area contributed by atoms with E-state index in [0.29, 0.717) is 41.1 Å². The number of nitrogens with one attached hydrogen (secondary N) is 1. The molecular weight excluding hydrogens is 371 g/mol. The van der Waals surface area contributed by atoms with Crippen LogP contribution in [0.2, 0.25) is 5.02 Å². The number of hydrogen-bond donors (Lipinski definition) is 1. The van der Waals surface area contributed by atoms with Crippen LogP contribution in [-0.4, -0.2) is 17.5 Å². The molecule has 1 N–H and O–H groups in total. The Labute approximate surface area is 161 Å². The second-order valence-corrected chi connectivity index (χ2v) is 6.18. The molecule has 0 atom stereocenters. The van der Waals surface area contributed by atoms with Crippen molar-refractivity contribution < 1.29 is 18.3 Å². The van der Waals surface area contributed by atoms with E-state index < -0.39 is 0 Å². The second kappa shape index (κ2) is 8.68. The van der Waals surface area contributed by atoms with Crippen LogP contribution in [0.3, 0.4) is 0 Å². The zero-order valence-corrected chi connectivity index (χ0v) is 15.4. The van der Waals surface area contributed by atoms with E-state index in [0.717, 1.165) is 5.56 Å². The molecule has 1 aromatic heterocycles. The third kappa shape index (κ3) is 5.08. The van der Waals surface area contributed by atoms with E-state index in [1.54, 1.807) is 36.5 Å². The van der Waals surface area contributed by atoms with Gasteiger partial charge in [0.15, 0.2) is 11.7 Å². The first-order valence-corrected chi connectivity index (χ1v) is 8.86. The first-order valence-electron chi connectivity index (χ1n) is 8.48. The summed E-state index contributed by atoms with van der Waals surface area (Å²) in [4.78, 5) is 16.4. The molecule has 5 nitrogen and oxygen atoms in total. The van der Waals surface area contributed by atoms with Gasteiger partial charge >= 0.3 is 0 Å². The van der Waals surface area contributed by atoms with Gasteiger partial charge in [0, 0.05) is 23.4 Å². The number of halogens is 2. The normalized spacial score (nSPS) is 10.6. The summed E-state index contributed by atoms with van der Waals surface area (Å²) in [5, 5.41) is 3.30. The maximum absolute atomic E-state index is 13.0. The van der Waals surface area contributed by atoms with Gasteiger partial charge in [-0.25, -0.2) is 9.37 Å². The number of carbonyl (C=O) groups is 1. The number of hydrogen-bond acceptors (Lipinski definition) is 4. The number of aryl methyl sites for hydroxylation is 1. The van der Waals surface area contributed by atoms with Crippen molar-refractivity contribution in [1.29, 1.82) is 0 Å². The predicted molar refractivity (Wildman–Crippen MR) is 101 cm³/mol. The number of ether oxygens (including phenoxy) is 1. The van der Waals surface area contributed by atoms with Gasteiger partial charge in [-0.05, 0) is 49.4 Å². The number of benzene rings is 2. The minimum absolute atomic E-state index is 0.182. The second-order valence-electron chi connectivity index (χ2n) is 5.75. The summed E-state index contributed by atoms with van der Waals surface area (Å²) in [6.07, 6.45) is 2.07. The number of nitrogens with zero attached hydrogens (tertiary/aromatic N) is 1. The lowest BCUT2D eigenvalue weighted by Gasteiger charge is -2.11. The van der Waals surface area contributed by atoms with Crippen molar-refractivity contribution in [2.24, 2.45) is 0 Å². The number of carbonyl (C=O) groups excluding carboxylic acids is 1. The SMILES string of the molecule is CCOc1ccc(Cl)cc1NC(=O)CCc1ncc(-c2ccc(F)cc2)o1. The van der Waals surface area contributed by atoms with E-state index in [4.69, 9.17) is 20.8 Å². The summed E-state index contributed by atoms with van der Waals surface area (Å²) in [6.45, 7) is 2.34. The predicted octanol–water partition coefficient (Wildman–Crippen LogP) is 5.10. The van der Waals surface area contributed by atoms with Crippen LogP contribution in [0.1, 0.15) is 19.2 Å². The molecule has 0 aliphatic carbocycles. The summed E-state index contributed by atoms with van der Waals surface area (Å²) >= 11 is 5.99. The Balaban J connectivity index is 1.60. The minimum atomic E-state index is -0.317. The molecule has 1 heterocycles. The highest BCUT2D eigenvalue weighted by Crippen LogP contribution is 2.28. The van der Waals surface area contributed by atoms with Crippen molar-refractivity contribution in [3.8, 4) is 17.1 Å². The molecule has 3 rings (SSSR count). The lowest BCUT2D eigenvalue weighted by atomic mass is 10.2. The van der Waals surface area contributed by atoms with Crippen LogP contribution in [-0.2, 0) is 11.2 Å². The fourth-order valence-electron chi connectivity index (χ4n) is 2.49. The molecule has 0 aliphatic heterocycles. The van der Waals surface area contributed by atoms with E-state index in [2.05, 4.69) is 10.3 Å². The van der Waals surface area contributed by atoms with Crippen molar-refractivity contribution in [3.05, 3.63) is 65.4 Å². The van der Waals surface area contributed by atoms with Gasteiger partial charge in [0.2, 0.25) is 5.91 Å². The molecule has 27 heavy (non-hydrogen) atoms. The average Bonchev–Trinajstić information content (AvgIpc) is 3.12. The van der Waals surface area contributed by atoms with Gasteiger partial charge < -0.3 is 14.5 Å². The Morgan fingerprint density at radius 1 is 1.26 bits per heavy atom. The molecule has 1 amide bonds. The van der Waals surface area contributed by atoms with Crippen molar-refractivity contribution >= 4 is 23.2 Å². The van der Waals surface area contributed by atoms with Crippen molar-refractivity contribution in [2.45, 2.75) is 19.8 Å². The molecule has 0 fully saturated rings. The Morgan fingerprint density at radius 2 is 2.04 bits per heavy atom. The van der Waals surface area contributed by atoms with Gasteiger partial charge in [0.05, 0.1) is 18.5 Å². The quantitative estimate of drug-likeness (QED) is 0.611. The van der Waals surface area contributed by atoms with Crippen LogP contribution in [0.5, 0.6) is 5.75 Å². The van der Waals surface area contributed by atoms with E-state index in [1.165, 1.54) is 12.1 Å². The smallest absolute Gasteiger partial charge is 0.224 e. The van der Waals surface area contributed by atoms with Gasteiger partial charge in [0.25, 0.3) is 0 Å².